The molecule has 1 aromatic carbocycles. The van der Waals surface area contributed by atoms with Gasteiger partial charge in [-0.25, -0.2) is 4.98 Å². The van der Waals surface area contributed by atoms with E-state index in [9.17, 15) is 0 Å². The van der Waals surface area contributed by atoms with Crippen molar-refractivity contribution in [3.63, 3.8) is 0 Å². The van der Waals surface area contributed by atoms with Crippen LogP contribution in [0.4, 0.5) is 0 Å². The molecule has 0 aliphatic heterocycles. The first-order valence-corrected chi connectivity index (χ1v) is 5.07. The zero-order chi connectivity index (χ0) is 10.3. The Morgan fingerprint density at radius 1 is 1.27 bits per heavy atom. The van der Waals surface area contributed by atoms with E-state index in [0.717, 1.165) is 24.2 Å². The molecule has 2 aromatic rings. The van der Waals surface area contributed by atoms with Crippen molar-refractivity contribution >= 4 is 0 Å². The Kier molecular flexibility index (Phi) is 1.70. The monoisotopic (exact) mass is 200 g/mol. The molecule has 1 aliphatic rings. The van der Waals surface area contributed by atoms with Crippen LogP contribution < -0.4 is 5.73 Å². The van der Waals surface area contributed by atoms with Crippen LogP contribution in [0.25, 0.3) is 11.3 Å². The Labute approximate surface area is 87.9 Å². The lowest BCUT2D eigenvalue weighted by Gasteiger charge is -2.12. The molecule has 2 N–H and O–H groups in total. The lowest BCUT2D eigenvalue weighted by molar-refractivity contribution is 0.569. The van der Waals surface area contributed by atoms with Crippen molar-refractivity contribution in [2.75, 3.05) is 0 Å². The summed E-state index contributed by atoms with van der Waals surface area (Å²) in [6.07, 6.45) is 5.28. The maximum absolute atomic E-state index is 6.21. The molecule has 3 nitrogen and oxygen atoms in total. The van der Waals surface area contributed by atoms with Crippen LogP contribution in [0, 0.1) is 0 Å². The Hall–Kier alpha value is -1.61. The van der Waals surface area contributed by atoms with Gasteiger partial charge in [0, 0.05) is 11.1 Å². The van der Waals surface area contributed by atoms with Gasteiger partial charge in [-0.05, 0) is 18.4 Å². The van der Waals surface area contributed by atoms with Gasteiger partial charge in [0.05, 0.1) is 6.20 Å². The first kappa shape index (κ1) is 8.68. The van der Waals surface area contributed by atoms with Crippen LogP contribution in [-0.4, -0.2) is 4.98 Å². The van der Waals surface area contributed by atoms with E-state index in [1.165, 1.54) is 12.0 Å². The van der Waals surface area contributed by atoms with Crippen molar-refractivity contribution in [2.24, 2.45) is 5.73 Å². The Morgan fingerprint density at radius 2 is 2.07 bits per heavy atom. The molecule has 0 spiro atoms. The van der Waals surface area contributed by atoms with Crippen molar-refractivity contribution in [2.45, 2.75) is 18.4 Å². The molecule has 0 saturated heterocycles. The van der Waals surface area contributed by atoms with Crippen LogP contribution in [0.15, 0.2) is 41.3 Å². The van der Waals surface area contributed by atoms with Gasteiger partial charge < -0.3 is 10.2 Å². The second-order valence-corrected chi connectivity index (χ2v) is 4.07. The van der Waals surface area contributed by atoms with E-state index in [1.54, 1.807) is 6.20 Å². The molecular weight excluding hydrogens is 188 g/mol. The fraction of sp³-hybridized carbons (Fsp3) is 0.250. The first-order valence-electron chi connectivity index (χ1n) is 5.07. The lowest BCUT2D eigenvalue weighted by atomic mass is 9.98. The third kappa shape index (κ3) is 1.36. The van der Waals surface area contributed by atoms with Gasteiger partial charge in [0.2, 0.25) is 0 Å². The largest absolute Gasteiger partial charge is 0.444 e. The molecule has 3 heteroatoms. The van der Waals surface area contributed by atoms with Gasteiger partial charge >= 0.3 is 0 Å². The summed E-state index contributed by atoms with van der Waals surface area (Å²) < 4.78 is 5.32. The molecule has 1 heterocycles. The zero-order valence-electron chi connectivity index (χ0n) is 8.31. The molecule has 1 saturated carbocycles. The normalized spacial score (nSPS) is 17.7. The number of hydrogen-bond acceptors (Lipinski definition) is 3. The second-order valence-electron chi connectivity index (χ2n) is 4.07. The molecule has 0 unspecified atom stereocenters. The van der Waals surface area contributed by atoms with Crippen LogP contribution in [0.2, 0.25) is 0 Å². The van der Waals surface area contributed by atoms with Crippen LogP contribution in [0.1, 0.15) is 18.4 Å². The summed E-state index contributed by atoms with van der Waals surface area (Å²) in [5, 5.41) is 0. The standard InChI is InChI=1S/C12H12N2O/c13-12(5-6-12)10-4-2-1-3-9(10)11-7-14-8-15-11/h1-4,7-8H,5-6,13H2. The number of nitrogens with two attached hydrogens (primary N) is 1. The minimum absolute atomic E-state index is 0.136. The van der Waals surface area contributed by atoms with Crippen LogP contribution in [0.3, 0.4) is 0 Å². The minimum Gasteiger partial charge on any atom is -0.444 e. The average molecular weight is 200 g/mol. The predicted molar refractivity (Wildman–Crippen MR) is 57.0 cm³/mol. The first-order chi connectivity index (χ1) is 7.30. The molecule has 1 aromatic heterocycles. The third-order valence-electron chi connectivity index (χ3n) is 2.95. The van der Waals surface area contributed by atoms with E-state index < -0.39 is 0 Å². The highest BCUT2D eigenvalue weighted by Gasteiger charge is 2.41. The molecule has 15 heavy (non-hydrogen) atoms. The summed E-state index contributed by atoms with van der Waals surface area (Å²) in [5.41, 5.74) is 8.31. The van der Waals surface area contributed by atoms with Gasteiger partial charge in [-0.15, -0.1) is 0 Å². The Morgan fingerprint density at radius 3 is 2.73 bits per heavy atom. The number of benzene rings is 1. The number of rotatable bonds is 2. The summed E-state index contributed by atoms with van der Waals surface area (Å²) in [5.74, 6) is 0.794. The van der Waals surface area contributed by atoms with Gasteiger partial charge in [0.1, 0.15) is 0 Å². The van der Waals surface area contributed by atoms with Crippen LogP contribution >= 0.6 is 0 Å². The summed E-state index contributed by atoms with van der Waals surface area (Å²) in [6, 6.07) is 8.11. The molecule has 3 rings (SSSR count). The van der Waals surface area contributed by atoms with E-state index in [0.29, 0.717) is 0 Å². The van der Waals surface area contributed by atoms with E-state index in [-0.39, 0.29) is 5.54 Å². The summed E-state index contributed by atoms with van der Waals surface area (Å²) in [7, 11) is 0. The summed E-state index contributed by atoms with van der Waals surface area (Å²) >= 11 is 0. The fourth-order valence-corrected chi connectivity index (χ4v) is 1.88. The topological polar surface area (TPSA) is 52.0 Å². The fourth-order valence-electron chi connectivity index (χ4n) is 1.88. The van der Waals surface area contributed by atoms with Crippen molar-refractivity contribution in [3.05, 3.63) is 42.4 Å². The highest BCUT2D eigenvalue weighted by molar-refractivity contribution is 5.64. The molecule has 76 valence electrons. The van der Waals surface area contributed by atoms with E-state index in [2.05, 4.69) is 11.1 Å². The quantitative estimate of drug-likeness (QED) is 0.809. The number of oxazole rings is 1. The molecule has 0 radical (unpaired) electrons. The van der Waals surface area contributed by atoms with Crippen LogP contribution in [-0.2, 0) is 5.54 Å². The van der Waals surface area contributed by atoms with Gasteiger partial charge in [0.25, 0.3) is 0 Å². The highest BCUT2D eigenvalue weighted by atomic mass is 16.3. The smallest absolute Gasteiger partial charge is 0.181 e. The van der Waals surface area contributed by atoms with E-state index in [4.69, 9.17) is 10.2 Å². The van der Waals surface area contributed by atoms with E-state index in [1.807, 2.05) is 18.2 Å². The van der Waals surface area contributed by atoms with Crippen molar-refractivity contribution in [1.82, 2.24) is 4.98 Å². The number of aromatic nitrogens is 1. The van der Waals surface area contributed by atoms with Crippen molar-refractivity contribution in [1.29, 1.82) is 0 Å². The molecule has 0 bridgehead atoms. The van der Waals surface area contributed by atoms with Crippen molar-refractivity contribution in [3.8, 4) is 11.3 Å². The highest BCUT2D eigenvalue weighted by Crippen LogP contribution is 2.46. The van der Waals surface area contributed by atoms with Crippen molar-refractivity contribution < 1.29 is 4.42 Å². The summed E-state index contributed by atoms with van der Waals surface area (Å²) in [6.45, 7) is 0. The number of hydrogen-bond donors (Lipinski definition) is 1. The lowest BCUT2D eigenvalue weighted by Crippen LogP contribution is -2.19. The van der Waals surface area contributed by atoms with Gasteiger partial charge in [-0.2, -0.15) is 0 Å². The number of nitrogens with zero attached hydrogens (tertiary/aromatic N) is 1. The van der Waals surface area contributed by atoms with Gasteiger partial charge in [0.15, 0.2) is 12.2 Å². The molecule has 1 aliphatic carbocycles. The third-order valence-corrected chi connectivity index (χ3v) is 2.95. The minimum atomic E-state index is -0.136. The summed E-state index contributed by atoms with van der Waals surface area (Å²) in [4.78, 5) is 3.93. The van der Waals surface area contributed by atoms with Gasteiger partial charge in [-0.3, -0.25) is 0 Å². The molecule has 1 fully saturated rings. The maximum atomic E-state index is 6.21. The molecule has 0 amide bonds. The van der Waals surface area contributed by atoms with Crippen LogP contribution in [0.5, 0.6) is 0 Å². The Balaban J connectivity index is 2.15. The Bertz CT molecular complexity index is 472. The van der Waals surface area contributed by atoms with Gasteiger partial charge in [-0.1, -0.05) is 24.3 Å². The average Bonchev–Trinajstić information content (AvgIpc) is 2.84. The SMILES string of the molecule is NC1(c2ccccc2-c2cnco2)CC1. The second kappa shape index (κ2) is 2.94. The molecular formula is C12H12N2O. The predicted octanol–water partition coefficient (Wildman–Crippen LogP) is 2.29. The molecule has 0 atom stereocenters. The maximum Gasteiger partial charge on any atom is 0.181 e. The van der Waals surface area contributed by atoms with E-state index >= 15 is 0 Å². The zero-order valence-corrected chi connectivity index (χ0v) is 8.31.